The van der Waals surface area contributed by atoms with E-state index in [4.69, 9.17) is 14.9 Å². The molecule has 13 heavy (non-hydrogen) atoms. The van der Waals surface area contributed by atoms with Gasteiger partial charge in [0.25, 0.3) is 0 Å². The van der Waals surface area contributed by atoms with Crippen molar-refractivity contribution in [1.29, 1.82) is 0 Å². The van der Waals surface area contributed by atoms with E-state index in [1.165, 1.54) is 0 Å². The van der Waals surface area contributed by atoms with Crippen LogP contribution in [0.2, 0.25) is 0 Å². The van der Waals surface area contributed by atoms with Crippen molar-refractivity contribution in [3.8, 4) is 0 Å². The van der Waals surface area contributed by atoms with Gasteiger partial charge in [-0.3, -0.25) is 0 Å². The smallest absolute Gasteiger partial charge is 0.329 e. The average molecular weight is 190 g/mol. The molecule has 0 saturated carbocycles. The van der Waals surface area contributed by atoms with Crippen molar-refractivity contribution >= 4 is 5.97 Å². The second kappa shape index (κ2) is 5.94. The summed E-state index contributed by atoms with van der Waals surface area (Å²) >= 11 is 0. The number of aliphatic hydroxyl groups is 1. The summed E-state index contributed by atoms with van der Waals surface area (Å²) in [5, 5.41) is 17.2. The first-order valence-corrected chi connectivity index (χ1v) is 4.50. The first kappa shape index (κ1) is 12.4. The van der Waals surface area contributed by atoms with Gasteiger partial charge < -0.3 is 14.9 Å². The maximum Gasteiger partial charge on any atom is 0.329 e. The number of hydrogen-bond acceptors (Lipinski definition) is 3. The van der Waals surface area contributed by atoms with Crippen molar-refractivity contribution < 1.29 is 19.7 Å². The summed E-state index contributed by atoms with van der Waals surface area (Å²) < 4.78 is 5.21. The topological polar surface area (TPSA) is 66.8 Å². The molecule has 0 rings (SSSR count). The number of hydrogen-bond donors (Lipinski definition) is 2. The lowest BCUT2D eigenvalue weighted by molar-refractivity contribution is -0.150. The highest BCUT2D eigenvalue weighted by molar-refractivity contribution is 5.68. The Morgan fingerprint density at radius 3 is 2.46 bits per heavy atom. The molecule has 0 spiro atoms. The minimum absolute atomic E-state index is 0.0239. The Kier molecular flexibility index (Phi) is 5.66. The Morgan fingerprint density at radius 2 is 2.08 bits per heavy atom. The van der Waals surface area contributed by atoms with Crippen molar-refractivity contribution in [3.63, 3.8) is 0 Å². The normalized spacial score (nSPS) is 15.3. The van der Waals surface area contributed by atoms with Gasteiger partial charge in [0, 0.05) is 6.61 Å². The standard InChI is InChI=1S/C9H18O4/c1-3-4-9(2,5-6-10)13-7-8(11)12/h10H,3-7H2,1-2H3,(H,11,12). The molecule has 0 fully saturated rings. The van der Waals surface area contributed by atoms with Crippen LogP contribution >= 0.6 is 0 Å². The number of rotatable bonds is 7. The molecule has 0 amide bonds. The van der Waals surface area contributed by atoms with E-state index in [0.29, 0.717) is 6.42 Å². The first-order valence-electron chi connectivity index (χ1n) is 4.50. The first-order chi connectivity index (χ1) is 6.04. The summed E-state index contributed by atoms with van der Waals surface area (Å²) in [6.45, 7) is 3.56. The lowest BCUT2D eigenvalue weighted by Gasteiger charge is -2.28. The third-order valence-corrected chi connectivity index (χ3v) is 1.96. The maximum absolute atomic E-state index is 10.3. The summed E-state index contributed by atoms with van der Waals surface area (Å²) in [4.78, 5) is 10.3. The van der Waals surface area contributed by atoms with E-state index in [9.17, 15) is 4.79 Å². The fraction of sp³-hybridized carbons (Fsp3) is 0.889. The highest BCUT2D eigenvalue weighted by atomic mass is 16.5. The highest BCUT2D eigenvalue weighted by Crippen LogP contribution is 2.21. The Labute approximate surface area is 78.5 Å². The van der Waals surface area contributed by atoms with Crippen molar-refractivity contribution in [1.82, 2.24) is 0 Å². The Balaban J connectivity index is 3.98. The minimum Gasteiger partial charge on any atom is -0.480 e. The van der Waals surface area contributed by atoms with Crippen LogP contribution < -0.4 is 0 Å². The predicted octanol–water partition coefficient (Wildman–Crippen LogP) is 1.03. The van der Waals surface area contributed by atoms with E-state index in [0.717, 1.165) is 12.8 Å². The van der Waals surface area contributed by atoms with Gasteiger partial charge >= 0.3 is 5.97 Å². The molecule has 0 saturated heterocycles. The van der Waals surface area contributed by atoms with Crippen molar-refractivity contribution in [2.75, 3.05) is 13.2 Å². The molecule has 0 aliphatic carbocycles. The zero-order chi connectivity index (χ0) is 10.3. The molecular formula is C9H18O4. The third kappa shape index (κ3) is 5.60. The molecule has 4 nitrogen and oxygen atoms in total. The summed E-state index contributed by atoms with van der Waals surface area (Å²) in [7, 11) is 0. The molecule has 78 valence electrons. The van der Waals surface area contributed by atoms with E-state index in [1.54, 1.807) is 0 Å². The number of aliphatic carboxylic acids is 1. The Morgan fingerprint density at radius 1 is 1.46 bits per heavy atom. The second-order valence-electron chi connectivity index (χ2n) is 3.36. The van der Waals surface area contributed by atoms with Crippen LogP contribution in [0, 0.1) is 0 Å². The molecule has 0 aromatic heterocycles. The van der Waals surface area contributed by atoms with Gasteiger partial charge in [0.05, 0.1) is 5.60 Å². The number of carboxylic acid groups (broad SMARTS) is 1. The van der Waals surface area contributed by atoms with Gasteiger partial charge in [-0.25, -0.2) is 4.79 Å². The molecule has 0 heterocycles. The van der Waals surface area contributed by atoms with Crippen LogP contribution in [0.1, 0.15) is 33.1 Å². The van der Waals surface area contributed by atoms with Crippen molar-refractivity contribution in [2.24, 2.45) is 0 Å². The van der Waals surface area contributed by atoms with Gasteiger partial charge in [0.15, 0.2) is 0 Å². The van der Waals surface area contributed by atoms with Gasteiger partial charge in [-0.05, 0) is 19.8 Å². The number of carbonyl (C=O) groups is 1. The Bertz CT molecular complexity index is 150. The molecule has 0 aliphatic heterocycles. The van der Waals surface area contributed by atoms with Crippen LogP contribution in [0.5, 0.6) is 0 Å². The zero-order valence-electron chi connectivity index (χ0n) is 8.25. The van der Waals surface area contributed by atoms with Crippen LogP contribution in [-0.4, -0.2) is 35.0 Å². The van der Waals surface area contributed by atoms with Gasteiger partial charge in [-0.2, -0.15) is 0 Å². The van der Waals surface area contributed by atoms with Crippen molar-refractivity contribution in [2.45, 2.75) is 38.7 Å². The summed E-state index contributed by atoms with van der Waals surface area (Å²) in [5.41, 5.74) is -0.498. The van der Waals surface area contributed by atoms with Crippen LogP contribution in [-0.2, 0) is 9.53 Å². The van der Waals surface area contributed by atoms with Gasteiger partial charge in [0.2, 0.25) is 0 Å². The second-order valence-corrected chi connectivity index (χ2v) is 3.36. The van der Waals surface area contributed by atoms with E-state index >= 15 is 0 Å². The third-order valence-electron chi connectivity index (χ3n) is 1.96. The van der Waals surface area contributed by atoms with E-state index in [2.05, 4.69) is 0 Å². The summed E-state index contributed by atoms with van der Waals surface area (Å²) in [6.07, 6.45) is 2.16. The highest BCUT2D eigenvalue weighted by Gasteiger charge is 2.24. The average Bonchev–Trinajstić information content (AvgIpc) is 2.02. The number of carboxylic acids is 1. The lowest BCUT2D eigenvalue weighted by Crippen LogP contribution is -2.32. The van der Waals surface area contributed by atoms with Crippen molar-refractivity contribution in [3.05, 3.63) is 0 Å². The SMILES string of the molecule is CCCC(C)(CCO)OCC(=O)O. The van der Waals surface area contributed by atoms with E-state index in [-0.39, 0.29) is 13.2 Å². The fourth-order valence-electron chi connectivity index (χ4n) is 1.27. The molecular weight excluding hydrogens is 172 g/mol. The largest absolute Gasteiger partial charge is 0.480 e. The number of ether oxygens (including phenoxy) is 1. The van der Waals surface area contributed by atoms with Gasteiger partial charge in [-0.1, -0.05) is 13.3 Å². The van der Waals surface area contributed by atoms with Gasteiger partial charge in [0.1, 0.15) is 6.61 Å². The fourth-order valence-corrected chi connectivity index (χ4v) is 1.27. The number of aliphatic hydroxyl groups excluding tert-OH is 1. The minimum atomic E-state index is -0.972. The molecule has 0 aliphatic rings. The van der Waals surface area contributed by atoms with E-state index < -0.39 is 11.6 Å². The molecule has 1 unspecified atom stereocenters. The molecule has 4 heteroatoms. The Hall–Kier alpha value is -0.610. The summed E-state index contributed by atoms with van der Waals surface area (Å²) in [5.74, 6) is -0.972. The molecule has 0 aromatic carbocycles. The van der Waals surface area contributed by atoms with E-state index in [1.807, 2.05) is 13.8 Å². The van der Waals surface area contributed by atoms with Crippen LogP contribution in [0.25, 0.3) is 0 Å². The summed E-state index contributed by atoms with van der Waals surface area (Å²) in [6, 6.07) is 0. The quantitative estimate of drug-likeness (QED) is 0.629. The lowest BCUT2D eigenvalue weighted by atomic mass is 9.97. The predicted molar refractivity (Wildman–Crippen MR) is 48.6 cm³/mol. The van der Waals surface area contributed by atoms with Crippen LogP contribution in [0.3, 0.4) is 0 Å². The van der Waals surface area contributed by atoms with Crippen LogP contribution in [0.15, 0.2) is 0 Å². The molecule has 0 radical (unpaired) electrons. The monoisotopic (exact) mass is 190 g/mol. The molecule has 0 bridgehead atoms. The molecule has 1 atom stereocenters. The van der Waals surface area contributed by atoms with Crippen LogP contribution in [0.4, 0.5) is 0 Å². The maximum atomic E-state index is 10.3. The molecule has 2 N–H and O–H groups in total. The zero-order valence-corrected chi connectivity index (χ0v) is 8.25. The van der Waals surface area contributed by atoms with Gasteiger partial charge in [-0.15, -0.1) is 0 Å². The molecule has 0 aromatic rings.